The fourth-order valence-corrected chi connectivity index (χ4v) is 5.39. The highest BCUT2D eigenvalue weighted by atomic mass is 19.1. The van der Waals surface area contributed by atoms with Crippen molar-refractivity contribution in [3.63, 3.8) is 0 Å². The molecule has 5 rings (SSSR count). The van der Waals surface area contributed by atoms with E-state index in [4.69, 9.17) is 10.7 Å². The van der Waals surface area contributed by atoms with Crippen molar-refractivity contribution in [3.8, 4) is 0 Å². The zero-order valence-electron chi connectivity index (χ0n) is 13.1. The summed E-state index contributed by atoms with van der Waals surface area (Å²) < 4.78 is 13.2. The van der Waals surface area contributed by atoms with E-state index >= 15 is 0 Å². The lowest BCUT2D eigenvalue weighted by Crippen LogP contribution is -2.50. The Labute approximate surface area is 131 Å². The fraction of sp³-hybridized carbons (Fsp3) is 0.611. The highest BCUT2D eigenvalue weighted by Crippen LogP contribution is 2.57. The highest BCUT2D eigenvalue weighted by Gasteiger charge is 2.51. The lowest BCUT2D eigenvalue weighted by atomic mass is 9.53. The number of rotatable bonds is 2. The molecule has 1 aromatic rings. The second-order valence-electron chi connectivity index (χ2n) is 7.72. The molecule has 118 valence electrons. The fourth-order valence-electron chi connectivity index (χ4n) is 5.39. The molecule has 0 spiro atoms. The molecule has 0 heterocycles. The van der Waals surface area contributed by atoms with Crippen LogP contribution in [-0.4, -0.2) is 11.5 Å². The summed E-state index contributed by atoms with van der Waals surface area (Å²) in [7, 11) is 0. The van der Waals surface area contributed by atoms with Gasteiger partial charge in [-0.15, -0.1) is 0 Å². The molecule has 0 radical (unpaired) electrons. The molecule has 4 heteroatoms. The van der Waals surface area contributed by atoms with Crippen LogP contribution in [0.1, 0.15) is 44.1 Å². The minimum atomic E-state index is -0.223. The SMILES string of the molecule is Cc1cc(F)ccc1NC(N)=NC12CC3CC(CC(C3)C1)C2. The molecule has 3 nitrogen and oxygen atoms in total. The average molecular weight is 301 g/mol. The van der Waals surface area contributed by atoms with Gasteiger partial charge in [0.05, 0.1) is 5.54 Å². The summed E-state index contributed by atoms with van der Waals surface area (Å²) in [5.41, 5.74) is 7.94. The van der Waals surface area contributed by atoms with Crippen molar-refractivity contribution in [1.82, 2.24) is 0 Å². The Kier molecular flexibility index (Phi) is 3.17. The van der Waals surface area contributed by atoms with E-state index in [1.807, 2.05) is 6.92 Å². The number of nitrogens with two attached hydrogens (primary N) is 1. The Bertz CT molecular complexity index is 587. The molecule has 0 aliphatic heterocycles. The second kappa shape index (κ2) is 4.97. The average Bonchev–Trinajstić information content (AvgIpc) is 2.39. The van der Waals surface area contributed by atoms with Crippen LogP contribution in [0.5, 0.6) is 0 Å². The molecule has 3 N–H and O–H groups in total. The van der Waals surface area contributed by atoms with Gasteiger partial charge in [0.1, 0.15) is 5.82 Å². The maximum atomic E-state index is 13.2. The maximum Gasteiger partial charge on any atom is 0.193 e. The van der Waals surface area contributed by atoms with Gasteiger partial charge in [0.25, 0.3) is 0 Å². The lowest BCUT2D eigenvalue weighted by Gasteiger charge is -2.54. The monoisotopic (exact) mass is 301 g/mol. The first-order chi connectivity index (χ1) is 10.5. The summed E-state index contributed by atoms with van der Waals surface area (Å²) in [6.45, 7) is 1.88. The molecule has 4 fully saturated rings. The van der Waals surface area contributed by atoms with Gasteiger partial charge in [0, 0.05) is 5.69 Å². The number of hydrogen-bond acceptors (Lipinski definition) is 1. The van der Waals surface area contributed by atoms with Crippen LogP contribution in [0.25, 0.3) is 0 Å². The molecule has 4 saturated carbocycles. The van der Waals surface area contributed by atoms with Gasteiger partial charge >= 0.3 is 0 Å². The van der Waals surface area contributed by atoms with Crippen molar-refractivity contribution in [2.45, 2.75) is 51.0 Å². The van der Waals surface area contributed by atoms with E-state index in [-0.39, 0.29) is 11.4 Å². The van der Waals surface area contributed by atoms with E-state index in [9.17, 15) is 4.39 Å². The van der Waals surface area contributed by atoms with Gasteiger partial charge in [0.2, 0.25) is 0 Å². The van der Waals surface area contributed by atoms with Crippen LogP contribution in [0.3, 0.4) is 0 Å². The standard InChI is InChI=1S/C18H24FN3/c1-11-4-15(19)2-3-16(11)21-17(20)22-18-8-12-5-13(9-18)7-14(6-12)10-18/h2-4,12-14H,5-10H2,1H3,(H3,20,21,22). The number of benzene rings is 1. The van der Waals surface area contributed by atoms with E-state index in [2.05, 4.69) is 5.32 Å². The van der Waals surface area contributed by atoms with Crippen molar-refractivity contribution in [1.29, 1.82) is 0 Å². The van der Waals surface area contributed by atoms with Crippen molar-refractivity contribution in [3.05, 3.63) is 29.6 Å². The summed E-state index contributed by atoms with van der Waals surface area (Å²) in [5.74, 6) is 2.83. The Morgan fingerprint density at radius 1 is 1.18 bits per heavy atom. The summed E-state index contributed by atoms with van der Waals surface area (Å²) in [6.07, 6.45) is 7.80. The summed E-state index contributed by atoms with van der Waals surface area (Å²) in [5, 5.41) is 3.17. The Morgan fingerprint density at radius 3 is 2.32 bits per heavy atom. The van der Waals surface area contributed by atoms with Crippen LogP contribution >= 0.6 is 0 Å². The molecule has 1 aromatic carbocycles. The van der Waals surface area contributed by atoms with Gasteiger partial charge in [-0.1, -0.05) is 0 Å². The van der Waals surface area contributed by atoms with Crippen LogP contribution in [0.2, 0.25) is 0 Å². The first-order valence-electron chi connectivity index (χ1n) is 8.40. The van der Waals surface area contributed by atoms with Crippen LogP contribution < -0.4 is 11.1 Å². The van der Waals surface area contributed by atoms with Crippen LogP contribution in [0, 0.1) is 30.5 Å². The van der Waals surface area contributed by atoms with E-state index in [1.54, 1.807) is 6.07 Å². The van der Waals surface area contributed by atoms with Crippen molar-refractivity contribution >= 4 is 11.6 Å². The van der Waals surface area contributed by atoms with Gasteiger partial charge in [-0.3, -0.25) is 0 Å². The Hall–Kier alpha value is -1.58. The van der Waals surface area contributed by atoms with Gasteiger partial charge < -0.3 is 11.1 Å². The van der Waals surface area contributed by atoms with Crippen molar-refractivity contribution in [2.75, 3.05) is 5.32 Å². The number of nitrogens with one attached hydrogen (secondary N) is 1. The van der Waals surface area contributed by atoms with E-state index in [1.165, 1.54) is 50.7 Å². The second-order valence-corrected chi connectivity index (χ2v) is 7.72. The van der Waals surface area contributed by atoms with Gasteiger partial charge in [0.15, 0.2) is 5.96 Å². The number of aryl methyl sites for hydroxylation is 1. The summed E-state index contributed by atoms with van der Waals surface area (Å²) in [4.78, 5) is 4.92. The predicted molar refractivity (Wildman–Crippen MR) is 87.3 cm³/mol. The van der Waals surface area contributed by atoms with Gasteiger partial charge in [-0.25, -0.2) is 9.38 Å². The largest absolute Gasteiger partial charge is 0.370 e. The Balaban J connectivity index is 1.54. The highest BCUT2D eigenvalue weighted by molar-refractivity contribution is 5.93. The minimum Gasteiger partial charge on any atom is -0.370 e. The number of aliphatic imine (C=N–C) groups is 1. The molecule has 4 aliphatic rings. The third-order valence-corrected chi connectivity index (χ3v) is 5.81. The van der Waals surface area contributed by atoms with Crippen LogP contribution in [0.15, 0.2) is 23.2 Å². The molecule has 0 atom stereocenters. The van der Waals surface area contributed by atoms with Crippen LogP contribution in [0.4, 0.5) is 10.1 Å². The van der Waals surface area contributed by atoms with E-state index in [0.29, 0.717) is 5.96 Å². The zero-order valence-corrected chi connectivity index (χ0v) is 13.1. The molecule has 22 heavy (non-hydrogen) atoms. The number of nitrogens with zero attached hydrogens (tertiary/aromatic N) is 1. The number of halogens is 1. The molecule has 4 aliphatic carbocycles. The third-order valence-electron chi connectivity index (χ3n) is 5.81. The molecule has 0 saturated heterocycles. The minimum absolute atomic E-state index is 0.0692. The smallest absolute Gasteiger partial charge is 0.193 e. The van der Waals surface area contributed by atoms with E-state index < -0.39 is 0 Å². The van der Waals surface area contributed by atoms with E-state index in [0.717, 1.165) is 29.0 Å². The number of guanidine groups is 1. The first kappa shape index (κ1) is 14.0. The van der Waals surface area contributed by atoms with Gasteiger partial charge in [-0.05, 0) is 87.0 Å². The predicted octanol–water partition coefficient (Wildman–Crippen LogP) is 3.83. The quantitative estimate of drug-likeness (QED) is 0.644. The third kappa shape index (κ3) is 2.49. The molecular formula is C18H24FN3. The van der Waals surface area contributed by atoms with Crippen molar-refractivity contribution in [2.24, 2.45) is 28.5 Å². The number of hydrogen-bond donors (Lipinski definition) is 2. The molecule has 0 unspecified atom stereocenters. The summed E-state index contributed by atoms with van der Waals surface area (Å²) >= 11 is 0. The maximum absolute atomic E-state index is 13.2. The zero-order chi connectivity index (χ0) is 15.3. The van der Waals surface area contributed by atoms with Crippen molar-refractivity contribution < 1.29 is 4.39 Å². The Morgan fingerprint density at radius 2 is 1.77 bits per heavy atom. The molecular weight excluding hydrogens is 277 g/mol. The molecule has 4 bridgehead atoms. The van der Waals surface area contributed by atoms with Crippen LogP contribution in [-0.2, 0) is 0 Å². The topological polar surface area (TPSA) is 50.4 Å². The van der Waals surface area contributed by atoms with Gasteiger partial charge in [-0.2, -0.15) is 0 Å². The normalized spacial score (nSPS) is 36.6. The molecule has 0 aromatic heterocycles. The summed E-state index contributed by atoms with van der Waals surface area (Å²) in [6, 6.07) is 4.69. The first-order valence-corrected chi connectivity index (χ1v) is 8.40. The molecule has 0 amide bonds. The lowest BCUT2D eigenvalue weighted by molar-refractivity contribution is 0.00163. The number of anilines is 1.